The first-order valence-corrected chi connectivity index (χ1v) is 12.1. The molecule has 2 aromatic heterocycles. The Bertz CT molecular complexity index is 1260. The molecule has 1 atom stereocenters. The first kappa shape index (κ1) is 22.6. The molecule has 0 amide bonds. The standard InChI is InChI=1S/C26H29ClN6O/c1-18-5-3-6-22(15-18)33-14-13-32(16-19(33)2)12-4-11-28-25-23-24(20-7-9-21(27)10-8-20)31-34-26(23)30-17-29-25/h3,5-10,15,17,19H,4,11-14,16H2,1-2H3,(H,28,29,30)/t19-/m1/s1. The number of anilines is 2. The molecular weight excluding hydrogens is 448 g/mol. The van der Waals surface area contributed by atoms with Crippen molar-refractivity contribution in [2.24, 2.45) is 0 Å². The Morgan fingerprint density at radius 1 is 1.12 bits per heavy atom. The minimum Gasteiger partial charge on any atom is -0.369 e. The van der Waals surface area contributed by atoms with E-state index in [1.54, 1.807) is 0 Å². The third kappa shape index (κ3) is 4.86. The van der Waals surface area contributed by atoms with Crippen LogP contribution in [-0.2, 0) is 0 Å². The second kappa shape index (κ2) is 9.99. The SMILES string of the molecule is Cc1cccc(N2CCN(CCCNc3ncnc4onc(-c5ccc(Cl)cc5)c34)C[C@H]2C)c1. The zero-order chi connectivity index (χ0) is 23.5. The summed E-state index contributed by atoms with van der Waals surface area (Å²) in [5, 5.41) is 9.18. The molecule has 7 nitrogen and oxygen atoms in total. The summed E-state index contributed by atoms with van der Waals surface area (Å²) < 4.78 is 5.45. The summed E-state index contributed by atoms with van der Waals surface area (Å²) >= 11 is 6.04. The van der Waals surface area contributed by atoms with Crippen molar-refractivity contribution in [3.05, 3.63) is 65.4 Å². The maximum absolute atomic E-state index is 6.04. The van der Waals surface area contributed by atoms with Gasteiger partial charge in [-0.2, -0.15) is 4.98 Å². The molecular formula is C26H29ClN6O. The van der Waals surface area contributed by atoms with E-state index in [2.05, 4.69) is 68.4 Å². The number of hydrogen-bond acceptors (Lipinski definition) is 7. The van der Waals surface area contributed by atoms with Gasteiger partial charge in [0, 0.05) is 48.5 Å². The van der Waals surface area contributed by atoms with Gasteiger partial charge in [0.25, 0.3) is 5.71 Å². The highest BCUT2D eigenvalue weighted by Crippen LogP contribution is 2.31. The molecule has 0 bridgehead atoms. The van der Waals surface area contributed by atoms with Crippen LogP contribution in [0.1, 0.15) is 18.9 Å². The van der Waals surface area contributed by atoms with Gasteiger partial charge in [-0.1, -0.05) is 41.0 Å². The molecule has 176 valence electrons. The van der Waals surface area contributed by atoms with E-state index in [1.165, 1.54) is 17.6 Å². The minimum absolute atomic E-state index is 0.476. The Kier molecular flexibility index (Phi) is 6.65. The topological polar surface area (TPSA) is 70.3 Å². The summed E-state index contributed by atoms with van der Waals surface area (Å²) in [4.78, 5) is 13.8. The number of aromatic nitrogens is 3. The number of rotatable bonds is 7. The van der Waals surface area contributed by atoms with Crippen LogP contribution in [0.2, 0.25) is 5.02 Å². The van der Waals surface area contributed by atoms with E-state index in [-0.39, 0.29) is 0 Å². The largest absolute Gasteiger partial charge is 0.369 e. The average Bonchev–Trinajstić information content (AvgIpc) is 3.27. The third-order valence-corrected chi connectivity index (χ3v) is 6.63. The van der Waals surface area contributed by atoms with Crippen LogP contribution in [-0.4, -0.2) is 58.8 Å². The monoisotopic (exact) mass is 476 g/mol. The maximum atomic E-state index is 6.04. The van der Waals surface area contributed by atoms with Crippen molar-refractivity contribution < 1.29 is 4.52 Å². The molecule has 0 aliphatic carbocycles. The Morgan fingerprint density at radius 3 is 2.76 bits per heavy atom. The Hall–Kier alpha value is -3.16. The number of aryl methyl sites for hydroxylation is 1. The molecule has 1 N–H and O–H groups in total. The van der Waals surface area contributed by atoms with Crippen molar-refractivity contribution in [3.63, 3.8) is 0 Å². The van der Waals surface area contributed by atoms with Gasteiger partial charge < -0.3 is 14.7 Å². The van der Waals surface area contributed by atoms with Gasteiger partial charge in [-0.05, 0) is 56.6 Å². The molecule has 8 heteroatoms. The number of benzene rings is 2. The molecule has 2 aromatic carbocycles. The first-order valence-electron chi connectivity index (χ1n) is 11.7. The van der Waals surface area contributed by atoms with Gasteiger partial charge in [-0.15, -0.1) is 0 Å². The lowest BCUT2D eigenvalue weighted by atomic mass is 10.1. The van der Waals surface area contributed by atoms with Crippen molar-refractivity contribution in [2.75, 3.05) is 42.9 Å². The van der Waals surface area contributed by atoms with Gasteiger partial charge in [0.1, 0.15) is 23.2 Å². The molecule has 34 heavy (non-hydrogen) atoms. The minimum atomic E-state index is 0.476. The van der Waals surface area contributed by atoms with Crippen molar-refractivity contribution in [1.82, 2.24) is 20.0 Å². The Balaban J connectivity index is 1.18. The lowest BCUT2D eigenvalue weighted by Crippen LogP contribution is -2.52. The fourth-order valence-corrected chi connectivity index (χ4v) is 4.79. The second-order valence-corrected chi connectivity index (χ2v) is 9.34. The Labute approximate surface area is 204 Å². The molecule has 0 saturated carbocycles. The quantitative estimate of drug-likeness (QED) is 0.365. The highest BCUT2D eigenvalue weighted by molar-refractivity contribution is 6.30. The summed E-state index contributed by atoms with van der Waals surface area (Å²) in [6, 6.07) is 16.8. The number of halogens is 1. The van der Waals surface area contributed by atoms with E-state index in [0.717, 1.165) is 61.6 Å². The second-order valence-electron chi connectivity index (χ2n) is 8.90. The molecule has 1 saturated heterocycles. The number of fused-ring (bicyclic) bond motifs is 1. The van der Waals surface area contributed by atoms with E-state index >= 15 is 0 Å². The van der Waals surface area contributed by atoms with Gasteiger partial charge in [0.15, 0.2) is 0 Å². The maximum Gasteiger partial charge on any atom is 0.263 e. The van der Waals surface area contributed by atoms with Gasteiger partial charge in [0.05, 0.1) is 0 Å². The number of hydrogen-bond donors (Lipinski definition) is 1. The molecule has 1 fully saturated rings. The van der Waals surface area contributed by atoms with Crippen LogP contribution in [0.25, 0.3) is 22.4 Å². The predicted molar refractivity (Wildman–Crippen MR) is 138 cm³/mol. The molecule has 0 unspecified atom stereocenters. The molecule has 0 spiro atoms. The molecule has 4 aromatic rings. The van der Waals surface area contributed by atoms with Crippen molar-refractivity contribution in [2.45, 2.75) is 26.3 Å². The van der Waals surface area contributed by atoms with E-state index in [9.17, 15) is 0 Å². The van der Waals surface area contributed by atoms with E-state index < -0.39 is 0 Å². The van der Waals surface area contributed by atoms with Crippen LogP contribution >= 0.6 is 11.6 Å². The molecule has 5 rings (SSSR count). The zero-order valence-corrected chi connectivity index (χ0v) is 20.3. The lowest BCUT2D eigenvalue weighted by Gasteiger charge is -2.41. The van der Waals surface area contributed by atoms with Crippen LogP contribution in [0.15, 0.2) is 59.4 Å². The van der Waals surface area contributed by atoms with E-state index in [1.807, 2.05) is 24.3 Å². The molecule has 0 radical (unpaired) electrons. The highest BCUT2D eigenvalue weighted by atomic mass is 35.5. The number of piperazine rings is 1. The smallest absolute Gasteiger partial charge is 0.263 e. The fourth-order valence-electron chi connectivity index (χ4n) is 4.66. The average molecular weight is 477 g/mol. The summed E-state index contributed by atoms with van der Waals surface area (Å²) in [5.41, 5.74) is 4.75. The normalized spacial score (nSPS) is 16.8. The van der Waals surface area contributed by atoms with Gasteiger partial charge in [-0.25, -0.2) is 4.98 Å². The Morgan fingerprint density at radius 2 is 1.97 bits per heavy atom. The fraction of sp³-hybridized carbons (Fsp3) is 0.346. The van der Waals surface area contributed by atoms with Crippen LogP contribution in [0, 0.1) is 6.92 Å². The van der Waals surface area contributed by atoms with Crippen molar-refractivity contribution in [3.8, 4) is 11.3 Å². The zero-order valence-electron chi connectivity index (χ0n) is 19.5. The van der Waals surface area contributed by atoms with Crippen molar-refractivity contribution >= 4 is 34.2 Å². The van der Waals surface area contributed by atoms with E-state index in [0.29, 0.717) is 16.8 Å². The molecule has 1 aliphatic rings. The summed E-state index contributed by atoms with van der Waals surface area (Å²) in [5.74, 6) is 0.744. The molecule has 3 heterocycles. The van der Waals surface area contributed by atoms with E-state index in [4.69, 9.17) is 16.1 Å². The van der Waals surface area contributed by atoms with Crippen LogP contribution in [0.4, 0.5) is 11.5 Å². The summed E-state index contributed by atoms with van der Waals surface area (Å²) in [7, 11) is 0. The van der Waals surface area contributed by atoms with Gasteiger partial charge >= 0.3 is 0 Å². The summed E-state index contributed by atoms with van der Waals surface area (Å²) in [6.07, 6.45) is 2.53. The third-order valence-electron chi connectivity index (χ3n) is 6.38. The number of nitrogens with one attached hydrogen (secondary N) is 1. The van der Waals surface area contributed by atoms with Gasteiger partial charge in [-0.3, -0.25) is 4.90 Å². The first-order chi connectivity index (χ1) is 16.6. The van der Waals surface area contributed by atoms with Crippen LogP contribution < -0.4 is 10.2 Å². The lowest BCUT2D eigenvalue weighted by molar-refractivity contribution is 0.228. The van der Waals surface area contributed by atoms with Crippen LogP contribution in [0.3, 0.4) is 0 Å². The van der Waals surface area contributed by atoms with Crippen molar-refractivity contribution in [1.29, 1.82) is 0 Å². The van der Waals surface area contributed by atoms with Crippen LogP contribution in [0.5, 0.6) is 0 Å². The predicted octanol–water partition coefficient (Wildman–Crippen LogP) is 5.26. The molecule has 1 aliphatic heterocycles. The highest BCUT2D eigenvalue weighted by Gasteiger charge is 2.23. The number of nitrogens with zero attached hydrogens (tertiary/aromatic N) is 5. The van der Waals surface area contributed by atoms with Gasteiger partial charge in [0.2, 0.25) is 0 Å². The summed E-state index contributed by atoms with van der Waals surface area (Å²) in [6.45, 7) is 9.51.